The molecule has 1 fully saturated rings. The molecular weight excluding hydrogens is 272 g/mol. The molecule has 2 rings (SSSR count). The molecule has 0 unspecified atom stereocenters. The number of carbonyl (C=O) groups excluding carboxylic acids is 1. The minimum Gasteiger partial charge on any atom is -0.368 e. The molecule has 1 saturated heterocycles. The van der Waals surface area contributed by atoms with Crippen LogP contribution >= 0.6 is 0 Å². The number of hydrogen-bond acceptors (Lipinski definition) is 2. The number of aryl methyl sites for hydroxylation is 1. The van der Waals surface area contributed by atoms with E-state index in [1.807, 2.05) is 4.90 Å². The maximum atomic E-state index is 12.2. The number of benzene rings is 1. The first-order valence-electron chi connectivity index (χ1n) is 8.72. The molecule has 0 aromatic heterocycles. The van der Waals surface area contributed by atoms with Crippen LogP contribution in [0.15, 0.2) is 18.2 Å². The van der Waals surface area contributed by atoms with Gasteiger partial charge in [-0.25, -0.2) is 0 Å². The maximum absolute atomic E-state index is 12.2. The molecule has 1 amide bonds. The lowest BCUT2D eigenvalue weighted by Gasteiger charge is -2.37. The monoisotopic (exact) mass is 302 g/mol. The number of amides is 1. The van der Waals surface area contributed by atoms with Gasteiger partial charge in [-0.2, -0.15) is 0 Å². The lowest BCUT2D eigenvalue weighted by atomic mass is 10.1. The standard InChI is InChI=1S/C19H30N2O/c1-4-5-6-7-11-19(22)21-14-12-20(13-15-21)18-10-8-9-16(2)17(18)3/h8-10H,4-7,11-15H2,1-3H3. The molecule has 22 heavy (non-hydrogen) atoms. The predicted octanol–water partition coefficient (Wildman–Crippen LogP) is 3.92. The second-order valence-corrected chi connectivity index (χ2v) is 6.40. The Morgan fingerprint density at radius 1 is 1.05 bits per heavy atom. The molecule has 1 aromatic carbocycles. The Morgan fingerprint density at radius 2 is 1.77 bits per heavy atom. The van der Waals surface area contributed by atoms with Gasteiger partial charge in [0.25, 0.3) is 0 Å². The van der Waals surface area contributed by atoms with E-state index in [0.717, 1.165) is 39.0 Å². The highest BCUT2D eigenvalue weighted by Gasteiger charge is 2.21. The molecule has 0 radical (unpaired) electrons. The first kappa shape index (κ1) is 16.9. The summed E-state index contributed by atoms with van der Waals surface area (Å²) in [6.45, 7) is 10.2. The number of unbranched alkanes of at least 4 members (excludes halogenated alkanes) is 3. The van der Waals surface area contributed by atoms with Crippen molar-refractivity contribution in [2.45, 2.75) is 52.9 Å². The minimum atomic E-state index is 0.344. The van der Waals surface area contributed by atoms with Crippen molar-refractivity contribution in [1.29, 1.82) is 0 Å². The number of hydrogen-bond donors (Lipinski definition) is 0. The van der Waals surface area contributed by atoms with Crippen molar-refractivity contribution in [3.05, 3.63) is 29.3 Å². The second-order valence-electron chi connectivity index (χ2n) is 6.40. The highest BCUT2D eigenvalue weighted by atomic mass is 16.2. The van der Waals surface area contributed by atoms with Crippen molar-refractivity contribution in [2.24, 2.45) is 0 Å². The van der Waals surface area contributed by atoms with E-state index in [2.05, 4.69) is 43.9 Å². The van der Waals surface area contributed by atoms with Crippen LogP contribution in [0.2, 0.25) is 0 Å². The van der Waals surface area contributed by atoms with E-state index in [0.29, 0.717) is 5.91 Å². The van der Waals surface area contributed by atoms with Crippen molar-refractivity contribution in [3.63, 3.8) is 0 Å². The number of carbonyl (C=O) groups is 1. The summed E-state index contributed by atoms with van der Waals surface area (Å²) in [5, 5.41) is 0. The van der Waals surface area contributed by atoms with Crippen LogP contribution in [0.5, 0.6) is 0 Å². The molecule has 0 saturated carbocycles. The Labute approximate surface area is 135 Å². The third-order valence-electron chi connectivity index (χ3n) is 4.79. The van der Waals surface area contributed by atoms with Gasteiger partial charge in [0.15, 0.2) is 0 Å². The van der Waals surface area contributed by atoms with E-state index in [1.165, 1.54) is 36.1 Å². The van der Waals surface area contributed by atoms with Gasteiger partial charge in [0.05, 0.1) is 0 Å². The molecule has 1 aliphatic rings. The predicted molar refractivity (Wildman–Crippen MR) is 93.5 cm³/mol. The van der Waals surface area contributed by atoms with E-state index < -0.39 is 0 Å². The average Bonchev–Trinajstić information content (AvgIpc) is 2.54. The Bertz CT molecular complexity index is 490. The van der Waals surface area contributed by atoms with E-state index in [1.54, 1.807) is 0 Å². The number of nitrogens with zero attached hydrogens (tertiary/aromatic N) is 2. The van der Waals surface area contributed by atoms with Gasteiger partial charge < -0.3 is 9.80 Å². The van der Waals surface area contributed by atoms with Crippen molar-refractivity contribution >= 4 is 11.6 Å². The van der Waals surface area contributed by atoms with E-state index >= 15 is 0 Å². The van der Waals surface area contributed by atoms with E-state index in [-0.39, 0.29) is 0 Å². The number of rotatable bonds is 6. The minimum absolute atomic E-state index is 0.344. The Hall–Kier alpha value is -1.51. The molecular formula is C19H30N2O. The summed E-state index contributed by atoms with van der Waals surface area (Å²) in [5.74, 6) is 0.344. The molecule has 0 aliphatic carbocycles. The molecule has 3 nitrogen and oxygen atoms in total. The molecule has 0 atom stereocenters. The Morgan fingerprint density at radius 3 is 2.45 bits per heavy atom. The summed E-state index contributed by atoms with van der Waals surface area (Å²) in [6.07, 6.45) is 5.43. The SMILES string of the molecule is CCCCCCC(=O)N1CCN(c2cccc(C)c2C)CC1. The van der Waals surface area contributed by atoms with Crippen LogP contribution in [-0.2, 0) is 4.79 Å². The average molecular weight is 302 g/mol. The molecule has 3 heteroatoms. The molecule has 0 bridgehead atoms. The quantitative estimate of drug-likeness (QED) is 0.744. The molecule has 122 valence electrons. The fourth-order valence-electron chi connectivity index (χ4n) is 3.14. The third kappa shape index (κ3) is 4.25. The highest BCUT2D eigenvalue weighted by molar-refractivity contribution is 5.76. The molecule has 1 aromatic rings. The highest BCUT2D eigenvalue weighted by Crippen LogP contribution is 2.24. The Kier molecular flexibility index (Phi) is 6.29. The van der Waals surface area contributed by atoms with Crippen LogP contribution in [-0.4, -0.2) is 37.0 Å². The summed E-state index contributed by atoms with van der Waals surface area (Å²) in [5.41, 5.74) is 4.03. The normalized spacial score (nSPS) is 15.2. The van der Waals surface area contributed by atoms with Crippen LogP contribution < -0.4 is 4.90 Å². The smallest absolute Gasteiger partial charge is 0.222 e. The van der Waals surface area contributed by atoms with Crippen LogP contribution in [0.3, 0.4) is 0 Å². The van der Waals surface area contributed by atoms with E-state index in [9.17, 15) is 4.79 Å². The molecule has 1 aliphatic heterocycles. The Balaban J connectivity index is 1.82. The molecule has 0 spiro atoms. The van der Waals surface area contributed by atoms with Gasteiger partial charge in [-0.1, -0.05) is 38.3 Å². The van der Waals surface area contributed by atoms with Gasteiger partial charge in [0.2, 0.25) is 5.91 Å². The van der Waals surface area contributed by atoms with Gasteiger partial charge in [0.1, 0.15) is 0 Å². The lowest BCUT2D eigenvalue weighted by molar-refractivity contribution is -0.131. The summed E-state index contributed by atoms with van der Waals surface area (Å²) in [6, 6.07) is 6.49. The zero-order chi connectivity index (χ0) is 15.9. The van der Waals surface area contributed by atoms with Gasteiger partial charge >= 0.3 is 0 Å². The summed E-state index contributed by atoms with van der Waals surface area (Å²) in [4.78, 5) is 16.7. The fourth-order valence-corrected chi connectivity index (χ4v) is 3.14. The second kappa shape index (κ2) is 8.21. The summed E-state index contributed by atoms with van der Waals surface area (Å²) < 4.78 is 0. The van der Waals surface area contributed by atoms with Gasteiger partial charge in [-0.05, 0) is 37.5 Å². The molecule has 0 N–H and O–H groups in total. The zero-order valence-electron chi connectivity index (χ0n) is 14.4. The maximum Gasteiger partial charge on any atom is 0.222 e. The van der Waals surface area contributed by atoms with Crippen molar-refractivity contribution in [1.82, 2.24) is 4.90 Å². The topological polar surface area (TPSA) is 23.6 Å². The molecule has 1 heterocycles. The van der Waals surface area contributed by atoms with Crippen molar-refractivity contribution in [2.75, 3.05) is 31.1 Å². The van der Waals surface area contributed by atoms with Gasteiger partial charge in [-0.3, -0.25) is 4.79 Å². The van der Waals surface area contributed by atoms with Crippen LogP contribution in [0, 0.1) is 13.8 Å². The van der Waals surface area contributed by atoms with Gasteiger partial charge in [0, 0.05) is 38.3 Å². The van der Waals surface area contributed by atoms with Crippen molar-refractivity contribution in [3.8, 4) is 0 Å². The number of anilines is 1. The largest absolute Gasteiger partial charge is 0.368 e. The summed E-state index contributed by atoms with van der Waals surface area (Å²) in [7, 11) is 0. The van der Waals surface area contributed by atoms with Gasteiger partial charge in [-0.15, -0.1) is 0 Å². The van der Waals surface area contributed by atoms with Crippen LogP contribution in [0.1, 0.15) is 50.2 Å². The number of piperazine rings is 1. The zero-order valence-corrected chi connectivity index (χ0v) is 14.4. The summed E-state index contributed by atoms with van der Waals surface area (Å²) >= 11 is 0. The lowest BCUT2D eigenvalue weighted by Crippen LogP contribution is -2.49. The van der Waals surface area contributed by atoms with Crippen LogP contribution in [0.25, 0.3) is 0 Å². The first-order chi connectivity index (χ1) is 10.6. The van der Waals surface area contributed by atoms with E-state index in [4.69, 9.17) is 0 Å². The fraction of sp³-hybridized carbons (Fsp3) is 0.632. The third-order valence-corrected chi connectivity index (χ3v) is 4.79. The van der Waals surface area contributed by atoms with Crippen LogP contribution in [0.4, 0.5) is 5.69 Å². The first-order valence-corrected chi connectivity index (χ1v) is 8.72. The van der Waals surface area contributed by atoms with Crippen molar-refractivity contribution < 1.29 is 4.79 Å².